The molecule has 0 bridgehead atoms. The minimum Gasteiger partial charge on any atom is -0.492 e. The summed E-state index contributed by atoms with van der Waals surface area (Å²) in [6.07, 6.45) is 0.607. The number of para-hydroxylation sites is 1. The molecule has 0 saturated carbocycles. The van der Waals surface area contributed by atoms with E-state index in [1.807, 2.05) is 49.5 Å². The highest BCUT2D eigenvalue weighted by atomic mass is 19.1. The van der Waals surface area contributed by atoms with Gasteiger partial charge in [-0.05, 0) is 37.2 Å². The van der Waals surface area contributed by atoms with Crippen molar-refractivity contribution in [1.82, 2.24) is 5.32 Å². The van der Waals surface area contributed by atoms with Crippen LogP contribution in [0.2, 0.25) is 0 Å². The summed E-state index contributed by atoms with van der Waals surface area (Å²) in [4.78, 5) is 0. The molecular weight excluding hydrogens is 241 g/mol. The smallest absolute Gasteiger partial charge is 0.126 e. The zero-order chi connectivity index (χ0) is 13.5. The second-order valence-corrected chi connectivity index (χ2v) is 4.41. The van der Waals surface area contributed by atoms with Crippen molar-refractivity contribution in [3.8, 4) is 5.75 Å². The summed E-state index contributed by atoms with van der Waals surface area (Å²) in [7, 11) is 1.86. The zero-order valence-corrected chi connectivity index (χ0v) is 11.0. The van der Waals surface area contributed by atoms with Gasteiger partial charge in [0.2, 0.25) is 0 Å². The molecule has 2 nitrogen and oxygen atoms in total. The van der Waals surface area contributed by atoms with E-state index < -0.39 is 0 Å². The lowest BCUT2D eigenvalue weighted by molar-refractivity contribution is 0.269. The molecule has 2 aromatic carbocycles. The first-order chi connectivity index (χ1) is 9.29. The van der Waals surface area contributed by atoms with Crippen LogP contribution in [0.25, 0.3) is 0 Å². The standard InChI is InChI=1S/C16H18FNO/c1-18-14(11-13-7-5-6-10-16(13)17)12-19-15-8-3-2-4-9-15/h2-10,14,18H,11-12H2,1H3. The van der Waals surface area contributed by atoms with Crippen molar-refractivity contribution in [2.75, 3.05) is 13.7 Å². The summed E-state index contributed by atoms with van der Waals surface area (Å²) in [5.41, 5.74) is 0.707. The lowest BCUT2D eigenvalue weighted by Crippen LogP contribution is -2.34. The van der Waals surface area contributed by atoms with Crippen LogP contribution in [-0.2, 0) is 6.42 Å². The SMILES string of the molecule is CNC(COc1ccccc1)Cc1ccccc1F. The maximum atomic E-state index is 13.6. The highest BCUT2D eigenvalue weighted by Gasteiger charge is 2.11. The van der Waals surface area contributed by atoms with Gasteiger partial charge in [0.15, 0.2) is 0 Å². The number of halogens is 1. The van der Waals surface area contributed by atoms with E-state index in [0.717, 1.165) is 5.75 Å². The van der Waals surface area contributed by atoms with E-state index in [0.29, 0.717) is 18.6 Å². The van der Waals surface area contributed by atoms with E-state index in [4.69, 9.17) is 4.74 Å². The van der Waals surface area contributed by atoms with Crippen molar-refractivity contribution in [2.45, 2.75) is 12.5 Å². The summed E-state index contributed by atoms with van der Waals surface area (Å²) < 4.78 is 19.3. The molecule has 0 aliphatic rings. The van der Waals surface area contributed by atoms with Gasteiger partial charge in [-0.1, -0.05) is 36.4 Å². The molecule has 0 saturated heterocycles. The molecule has 0 aromatic heterocycles. The molecule has 0 amide bonds. The van der Waals surface area contributed by atoms with Crippen molar-refractivity contribution in [3.63, 3.8) is 0 Å². The van der Waals surface area contributed by atoms with E-state index in [2.05, 4.69) is 5.32 Å². The third-order valence-electron chi connectivity index (χ3n) is 3.03. The van der Waals surface area contributed by atoms with Crippen molar-refractivity contribution >= 4 is 0 Å². The number of hydrogen-bond donors (Lipinski definition) is 1. The molecule has 100 valence electrons. The molecular formula is C16H18FNO. The van der Waals surface area contributed by atoms with Crippen LogP contribution < -0.4 is 10.1 Å². The van der Waals surface area contributed by atoms with Gasteiger partial charge >= 0.3 is 0 Å². The van der Waals surface area contributed by atoms with Crippen molar-refractivity contribution in [2.24, 2.45) is 0 Å². The Morgan fingerprint density at radius 1 is 1.05 bits per heavy atom. The van der Waals surface area contributed by atoms with Crippen LogP contribution in [0.3, 0.4) is 0 Å². The van der Waals surface area contributed by atoms with E-state index in [1.54, 1.807) is 6.07 Å². The van der Waals surface area contributed by atoms with Gasteiger partial charge < -0.3 is 10.1 Å². The zero-order valence-electron chi connectivity index (χ0n) is 11.0. The first kappa shape index (κ1) is 13.6. The molecule has 2 rings (SSSR count). The van der Waals surface area contributed by atoms with Gasteiger partial charge in [0, 0.05) is 6.04 Å². The highest BCUT2D eigenvalue weighted by Crippen LogP contribution is 2.12. The Morgan fingerprint density at radius 2 is 1.74 bits per heavy atom. The Morgan fingerprint density at radius 3 is 2.42 bits per heavy atom. The van der Waals surface area contributed by atoms with E-state index in [1.165, 1.54) is 6.07 Å². The van der Waals surface area contributed by atoms with Crippen molar-refractivity contribution < 1.29 is 9.13 Å². The van der Waals surface area contributed by atoms with Gasteiger partial charge in [-0.3, -0.25) is 0 Å². The number of ether oxygens (including phenoxy) is 1. The van der Waals surface area contributed by atoms with E-state index in [-0.39, 0.29) is 11.9 Å². The average Bonchev–Trinajstić information content (AvgIpc) is 2.46. The number of rotatable bonds is 6. The fraction of sp³-hybridized carbons (Fsp3) is 0.250. The predicted molar refractivity (Wildman–Crippen MR) is 74.9 cm³/mol. The van der Waals surface area contributed by atoms with Gasteiger partial charge in [-0.25, -0.2) is 4.39 Å². The summed E-state index contributed by atoms with van der Waals surface area (Å²) >= 11 is 0. The molecule has 0 fully saturated rings. The minimum atomic E-state index is -0.164. The molecule has 0 heterocycles. The summed E-state index contributed by atoms with van der Waals surface area (Å²) in [6, 6.07) is 16.6. The first-order valence-electron chi connectivity index (χ1n) is 6.38. The van der Waals surface area contributed by atoms with Gasteiger partial charge in [0.25, 0.3) is 0 Å². The third-order valence-corrected chi connectivity index (χ3v) is 3.03. The summed E-state index contributed by atoms with van der Waals surface area (Å²) in [6.45, 7) is 0.509. The van der Waals surface area contributed by atoms with Crippen LogP contribution in [0.5, 0.6) is 5.75 Å². The molecule has 19 heavy (non-hydrogen) atoms. The number of likely N-dealkylation sites (N-methyl/N-ethyl adjacent to an activating group) is 1. The van der Waals surface area contributed by atoms with Crippen LogP contribution in [0.15, 0.2) is 54.6 Å². The Balaban J connectivity index is 1.92. The second kappa shape index (κ2) is 6.90. The van der Waals surface area contributed by atoms with Gasteiger partial charge in [0.05, 0.1) is 0 Å². The third kappa shape index (κ3) is 4.07. The molecule has 1 atom stereocenters. The van der Waals surface area contributed by atoms with E-state index >= 15 is 0 Å². The number of hydrogen-bond acceptors (Lipinski definition) is 2. The molecule has 0 radical (unpaired) electrons. The predicted octanol–water partition coefficient (Wildman–Crippen LogP) is 3.04. The highest BCUT2D eigenvalue weighted by molar-refractivity contribution is 5.21. The lowest BCUT2D eigenvalue weighted by Gasteiger charge is -2.17. The Hall–Kier alpha value is -1.87. The first-order valence-corrected chi connectivity index (χ1v) is 6.38. The molecule has 0 aliphatic heterocycles. The second-order valence-electron chi connectivity index (χ2n) is 4.41. The number of benzene rings is 2. The maximum Gasteiger partial charge on any atom is 0.126 e. The molecule has 0 spiro atoms. The van der Waals surface area contributed by atoms with Crippen LogP contribution in [-0.4, -0.2) is 19.7 Å². The Bertz CT molecular complexity index is 501. The normalized spacial score (nSPS) is 12.1. The van der Waals surface area contributed by atoms with Crippen LogP contribution in [0.1, 0.15) is 5.56 Å². The van der Waals surface area contributed by atoms with Gasteiger partial charge in [-0.15, -0.1) is 0 Å². The van der Waals surface area contributed by atoms with Gasteiger partial charge in [-0.2, -0.15) is 0 Å². The molecule has 1 unspecified atom stereocenters. The fourth-order valence-electron chi connectivity index (χ4n) is 1.89. The monoisotopic (exact) mass is 259 g/mol. The lowest BCUT2D eigenvalue weighted by atomic mass is 10.1. The maximum absolute atomic E-state index is 13.6. The van der Waals surface area contributed by atoms with Crippen molar-refractivity contribution in [1.29, 1.82) is 0 Å². The quantitative estimate of drug-likeness (QED) is 0.861. The largest absolute Gasteiger partial charge is 0.492 e. The fourth-order valence-corrected chi connectivity index (χ4v) is 1.89. The average molecular weight is 259 g/mol. The summed E-state index contributed by atoms with van der Waals surface area (Å²) in [5, 5.41) is 3.16. The Labute approximate surface area is 113 Å². The molecule has 1 N–H and O–H groups in total. The van der Waals surface area contributed by atoms with Crippen LogP contribution >= 0.6 is 0 Å². The van der Waals surface area contributed by atoms with Gasteiger partial charge in [0.1, 0.15) is 18.2 Å². The molecule has 3 heteroatoms. The van der Waals surface area contributed by atoms with Crippen LogP contribution in [0.4, 0.5) is 4.39 Å². The van der Waals surface area contributed by atoms with Crippen molar-refractivity contribution in [3.05, 3.63) is 66.0 Å². The minimum absolute atomic E-state index is 0.0807. The number of nitrogens with one attached hydrogen (secondary N) is 1. The van der Waals surface area contributed by atoms with E-state index in [9.17, 15) is 4.39 Å². The van der Waals surface area contributed by atoms with Crippen LogP contribution in [0, 0.1) is 5.82 Å². The summed E-state index contributed by atoms with van der Waals surface area (Å²) in [5.74, 6) is 0.666. The molecule has 2 aromatic rings. The molecule has 0 aliphatic carbocycles. The topological polar surface area (TPSA) is 21.3 Å². The Kier molecular flexibility index (Phi) is 4.93.